The maximum atomic E-state index is 12.7. The van der Waals surface area contributed by atoms with Crippen molar-refractivity contribution in [3.05, 3.63) is 46.0 Å². The number of nitrogens with zero attached hydrogens (tertiary/aromatic N) is 2. The van der Waals surface area contributed by atoms with E-state index in [1.165, 1.54) is 19.3 Å². The van der Waals surface area contributed by atoms with Gasteiger partial charge < -0.3 is 13.7 Å². The zero-order chi connectivity index (χ0) is 19.8. The molecule has 1 aliphatic heterocycles. The summed E-state index contributed by atoms with van der Waals surface area (Å²) in [5, 5.41) is 4.80. The van der Waals surface area contributed by atoms with Crippen LogP contribution in [0.2, 0.25) is 0 Å². The second-order valence-corrected chi connectivity index (χ2v) is 6.80. The fraction of sp³-hybridized carbons (Fsp3) is 0.294. The van der Waals surface area contributed by atoms with Gasteiger partial charge in [0.05, 0.1) is 17.2 Å². The first-order valence-electron chi connectivity index (χ1n) is 7.83. The topological polar surface area (TPSA) is 68.8 Å². The summed E-state index contributed by atoms with van der Waals surface area (Å²) >= 11 is 1.04. The average Bonchev–Trinajstić information content (AvgIpc) is 3.27. The number of ketones is 1. The number of thioether (sulfide) groups is 1. The van der Waals surface area contributed by atoms with Gasteiger partial charge in [-0.3, -0.25) is 4.79 Å². The Morgan fingerprint density at radius 2 is 2.15 bits per heavy atom. The fourth-order valence-electron chi connectivity index (χ4n) is 2.66. The van der Waals surface area contributed by atoms with Crippen molar-refractivity contribution in [3.8, 4) is 0 Å². The molecule has 10 heteroatoms. The van der Waals surface area contributed by atoms with E-state index in [2.05, 4.69) is 17.1 Å². The van der Waals surface area contributed by atoms with Crippen LogP contribution < -0.4 is 16.1 Å². The number of rotatable bonds is 4. The van der Waals surface area contributed by atoms with Crippen LogP contribution >= 0.6 is 11.8 Å². The Balaban J connectivity index is 1.67. The lowest BCUT2D eigenvalue weighted by Gasteiger charge is -2.12. The third-order valence-corrected chi connectivity index (χ3v) is 4.79. The van der Waals surface area contributed by atoms with E-state index < -0.39 is 12.7 Å². The van der Waals surface area contributed by atoms with Crippen LogP contribution in [0.4, 0.5) is 13.2 Å². The van der Waals surface area contributed by atoms with Crippen molar-refractivity contribution in [1.29, 1.82) is 0 Å². The molecule has 6 nitrogen and oxygen atoms in total. The molecule has 0 saturated heterocycles. The highest BCUT2D eigenvalue weighted by Gasteiger charge is 2.30. The molecule has 1 N–H and O–H groups in total. The Morgan fingerprint density at radius 1 is 1.41 bits per heavy atom. The number of aryl methyl sites for hydroxylation is 1. The Morgan fingerprint density at radius 3 is 2.78 bits per heavy atom. The van der Waals surface area contributed by atoms with E-state index >= 15 is 0 Å². The van der Waals surface area contributed by atoms with Gasteiger partial charge in [-0.15, -0.1) is 5.10 Å². The Bertz CT molecular complexity index is 1020. The van der Waals surface area contributed by atoms with Crippen molar-refractivity contribution < 1.29 is 27.1 Å². The van der Waals surface area contributed by atoms with Gasteiger partial charge >= 0.3 is 6.18 Å². The minimum Gasteiger partial charge on any atom is -0.465 e. The van der Waals surface area contributed by atoms with Gasteiger partial charge in [-0.1, -0.05) is 18.3 Å². The molecular weight excluding hydrogens is 383 g/mol. The SMILES string of the molecule is C=c1occc1=C1NN=C(SCC(=O)c2cc(C)n(CC(F)(F)F)c2C)O1. The molecule has 3 rings (SSSR count). The van der Waals surface area contributed by atoms with E-state index in [9.17, 15) is 18.0 Å². The van der Waals surface area contributed by atoms with Gasteiger partial charge in [0.1, 0.15) is 12.0 Å². The highest BCUT2D eigenvalue weighted by atomic mass is 32.2. The maximum Gasteiger partial charge on any atom is 0.406 e. The molecule has 27 heavy (non-hydrogen) atoms. The molecule has 0 radical (unpaired) electrons. The van der Waals surface area contributed by atoms with Crippen molar-refractivity contribution in [1.82, 2.24) is 9.99 Å². The number of carbonyl (C=O) groups is 1. The number of hydrogen-bond donors (Lipinski definition) is 1. The lowest BCUT2D eigenvalue weighted by molar-refractivity contribution is -0.141. The van der Waals surface area contributed by atoms with Crippen molar-refractivity contribution >= 4 is 35.2 Å². The second-order valence-electron chi connectivity index (χ2n) is 5.88. The van der Waals surface area contributed by atoms with Gasteiger partial charge in [-0.2, -0.15) is 13.2 Å². The van der Waals surface area contributed by atoms with Crippen molar-refractivity contribution in [2.45, 2.75) is 26.6 Å². The van der Waals surface area contributed by atoms with Crippen LogP contribution in [0.15, 0.2) is 27.9 Å². The highest BCUT2D eigenvalue weighted by molar-refractivity contribution is 8.14. The molecule has 1 aliphatic rings. The van der Waals surface area contributed by atoms with Gasteiger partial charge in [0, 0.05) is 17.0 Å². The summed E-state index contributed by atoms with van der Waals surface area (Å²) in [7, 11) is 0. The minimum atomic E-state index is -4.35. The molecule has 0 aromatic carbocycles. The van der Waals surface area contributed by atoms with Crippen LogP contribution in [0.3, 0.4) is 0 Å². The predicted molar refractivity (Wildman–Crippen MR) is 95.3 cm³/mol. The number of ether oxygens (including phenoxy) is 1. The summed E-state index contributed by atoms with van der Waals surface area (Å²) < 4.78 is 49.7. The third-order valence-electron chi connectivity index (χ3n) is 3.97. The molecular formula is C17H16F3N3O3S. The van der Waals surface area contributed by atoms with Crippen LogP contribution in [-0.2, 0) is 11.3 Å². The highest BCUT2D eigenvalue weighted by Crippen LogP contribution is 2.24. The van der Waals surface area contributed by atoms with E-state index in [-0.39, 0.29) is 28.0 Å². The first kappa shape index (κ1) is 19.2. The standard InChI is InChI=1S/C17H16F3N3O3S/c1-9-6-13(10(2)23(9)8-17(18,19)20)14(24)7-27-16-22-21-15(26-16)12-4-5-25-11(12)3/h4-6,21H,3,7-8H2,1-2H3. The van der Waals surface area contributed by atoms with Crippen LogP contribution in [0.25, 0.3) is 12.5 Å². The number of aromatic nitrogens is 1. The van der Waals surface area contributed by atoms with E-state index in [1.807, 2.05) is 0 Å². The fourth-order valence-corrected chi connectivity index (χ4v) is 3.32. The molecule has 0 bridgehead atoms. The summed E-state index contributed by atoms with van der Waals surface area (Å²) in [4.78, 5) is 12.4. The van der Waals surface area contributed by atoms with Gasteiger partial charge in [-0.05, 0) is 26.0 Å². The van der Waals surface area contributed by atoms with E-state index in [1.54, 1.807) is 13.0 Å². The van der Waals surface area contributed by atoms with Crippen molar-refractivity contribution in [2.75, 3.05) is 5.75 Å². The van der Waals surface area contributed by atoms with Gasteiger partial charge in [0.15, 0.2) is 5.78 Å². The summed E-state index contributed by atoms with van der Waals surface area (Å²) in [5.74, 6) is 0.0155. The van der Waals surface area contributed by atoms with Crippen LogP contribution in [0.5, 0.6) is 0 Å². The lowest BCUT2D eigenvalue weighted by Crippen LogP contribution is -2.25. The van der Waals surface area contributed by atoms with Crippen molar-refractivity contribution in [2.24, 2.45) is 5.10 Å². The van der Waals surface area contributed by atoms with E-state index in [0.29, 0.717) is 22.2 Å². The molecule has 0 spiro atoms. The molecule has 0 fully saturated rings. The Hall–Kier alpha value is -2.62. The molecule has 0 unspecified atom stereocenters. The average molecular weight is 399 g/mol. The van der Waals surface area contributed by atoms with Crippen LogP contribution in [0, 0.1) is 13.8 Å². The van der Waals surface area contributed by atoms with E-state index in [0.717, 1.165) is 16.3 Å². The first-order valence-corrected chi connectivity index (χ1v) is 8.82. The Labute approximate surface area is 156 Å². The maximum absolute atomic E-state index is 12.7. The smallest absolute Gasteiger partial charge is 0.406 e. The van der Waals surface area contributed by atoms with Crippen LogP contribution in [0.1, 0.15) is 21.7 Å². The summed E-state index contributed by atoms with van der Waals surface area (Å²) in [6.07, 6.45) is -2.89. The zero-order valence-electron chi connectivity index (χ0n) is 14.5. The van der Waals surface area contributed by atoms with Crippen LogP contribution in [-0.4, -0.2) is 27.5 Å². The molecule has 2 aromatic rings. The first-order chi connectivity index (χ1) is 12.7. The zero-order valence-corrected chi connectivity index (χ0v) is 15.3. The Kier molecular flexibility index (Phi) is 5.09. The third kappa shape index (κ3) is 4.21. The van der Waals surface area contributed by atoms with E-state index in [4.69, 9.17) is 9.15 Å². The largest absolute Gasteiger partial charge is 0.465 e. The monoisotopic (exact) mass is 399 g/mol. The number of halogens is 3. The summed E-state index contributed by atoms with van der Waals surface area (Å²) in [5.41, 5.74) is 4.02. The predicted octanol–water partition coefficient (Wildman–Crippen LogP) is 2.24. The molecule has 0 saturated carbocycles. The summed E-state index contributed by atoms with van der Waals surface area (Å²) in [6, 6.07) is 3.13. The number of alkyl halides is 3. The second kappa shape index (κ2) is 7.18. The number of Topliss-reactive ketones (excluding diaryl/α,β-unsaturated/α-hetero) is 1. The molecule has 2 aromatic heterocycles. The lowest BCUT2D eigenvalue weighted by atomic mass is 10.2. The number of hydrazone groups is 1. The summed E-state index contributed by atoms with van der Waals surface area (Å²) in [6.45, 7) is 5.63. The molecule has 0 aliphatic carbocycles. The minimum absolute atomic E-state index is 0.0211. The number of furan rings is 1. The number of hydrogen-bond acceptors (Lipinski definition) is 6. The quantitative estimate of drug-likeness (QED) is 0.799. The van der Waals surface area contributed by atoms with Gasteiger partial charge in [0.25, 0.3) is 5.23 Å². The van der Waals surface area contributed by atoms with Gasteiger partial charge in [0.2, 0.25) is 5.88 Å². The molecule has 144 valence electrons. The normalized spacial score (nSPS) is 16.1. The van der Waals surface area contributed by atoms with Crippen molar-refractivity contribution in [3.63, 3.8) is 0 Å². The van der Waals surface area contributed by atoms with Gasteiger partial charge in [-0.25, -0.2) is 5.43 Å². The number of nitrogens with one attached hydrogen (secondary N) is 1. The molecule has 3 heterocycles. The molecule has 0 atom stereocenters. The number of carbonyl (C=O) groups excluding carboxylic acids is 1. The molecule has 0 amide bonds.